The number of hydrogen-bond donors (Lipinski definition) is 4. The van der Waals surface area contributed by atoms with Gasteiger partial charge in [-0.3, -0.25) is 5.26 Å². The second kappa shape index (κ2) is 8.34. The van der Waals surface area contributed by atoms with Crippen LogP contribution in [-0.4, -0.2) is 26.5 Å². The summed E-state index contributed by atoms with van der Waals surface area (Å²) >= 11 is 0. The van der Waals surface area contributed by atoms with Gasteiger partial charge in [0.1, 0.15) is 23.7 Å². The van der Waals surface area contributed by atoms with Gasteiger partial charge in [0, 0.05) is 22.6 Å². The first-order chi connectivity index (χ1) is 13.8. The van der Waals surface area contributed by atoms with Crippen LogP contribution in [0.25, 0.3) is 0 Å². The highest BCUT2D eigenvalue weighted by molar-refractivity contribution is 5.92. The molecule has 1 atom stereocenters. The maximum atomic E-state index is 11.6. The van der Waals surface area contributed by atoms with Gasteiger partial charge in [-0.2, -0.15) is 0 Å². The molecular formula is C23H22O6. The lowest BCUT2D eigenvalue weighted by molar-refractivity contribution is -0.253. The Morgan fingerprint density at radius 3 is 2.10 bits per heavy atom. The zero-order valence-corrected chi connectivity index (χ0v) is 16.1. The molecule has 0 fully saturated rings. The summed E-state index contributed by atoms with van der Waals surface area (Å²) in [5.74, 6) is -2.30. The zero-order valence-electron chi connectivity index (χ0n) is 16.1. The number of carboxylic acid groups (broad SMARTS) is 1. The molecule has 29 heavy (non-hydrogen) atoms. The van der Waals surface area contributed by atoms with E-state index in [2.05, 4.69) is 4.89 Å². The van der Waals surface area contributed by atoms with Crippen molar-refractivity contribution in [1.82, 2.24) is 0 Å². The van der Waals surface area contributed by atoms with Crippen LogP contribution in [0.4, 0.5) is 0 Å². The molecule has 150 valence electrons. The number of phenols is 2. The number of phenolic OH excluding ortho intramolecular Hbond substituents is 1. The molecule has 0 aliphatic carbocycles. The topological polar surface area (TPSA) is 107 Å². The Kier molecular flexibility index (Phi) is 5.87. The molecule has 6 nitrogen and oxygen atoms in total. The zero-order chi connectivity index (χ0) is 21.1. The molecule has 0 aliphatic heterocycles. The number of rotatable bonds is 6. The first-order valence-corrected chi connectivity index (χ1v) is 9.04. The quantitative estimate of drug-likeness (QED) is 0.277. The fraction of sp³-hybridized carbons (Fsp3) is 0.174. The monoisotopic (exact) mass is 394 g/mol. The molecule has 3 aromatic rings. The molecule has 3 aromatic carbocycles. The maximum Gasteiger partial charge on any atom is 0.339 e. The number of carboxylic acids is 1. The van der Waals surface area contributed by atoms with Crippen LogP contribution in [0, 0.1) is 13.8 Å². The smallest absolute Gasteiger partial charge is 0.339 e. The van der Waals surface area contributed by atoms with E-state index in [9.17, 15) is 20.1 Å². The summed E-state index contributed by atoms with van der Waals surface area (Å²) in [6, 6.07) is 15.8. The molecule has 0 aliphatic rings. The second-order valence-corrected chi connectivity index (χ2v) is 7.03. The number of carbonyl (C=O) groups is 1. The lowest BCUT2D eigenvalue weighted by Gasteiger charge is -2.23. The number of hydrogen-bond acceptors (Lipinski definition) is 5. The number of aromatic hydroxyl groups is 2. The van der Waals surface area contributed by atoms with E-state index in [0.717, 1.165) is 11.1 Å². The van der Waals surface area contributed by atoms with Crippen molar-refractivity contribution in [2.45, 2.75) is 26.4 Å². The van der Waals surface area contributed by atoms with Crippen molar-refractivity contribution >= 4 is 5.97 Å². The predicted octanol–water partition coefficient (Wildman–Crippen LogP) is 4.58. The molecule has 0 bridgehead atoms. The molecule has 0 amide bonds. The van der Waals surface area contributed by atoms with Crippen LogP contribution < -0.4 is 0 Å². The largest absolute Gasteiger partial charge is 0.507 e. The van der Waals surface area contributed by atoms with Crippen molar-refractivity contribution in [1.29, 1.82) is 0 Å². The fourth-order valence-electron chi connectivity index (χ4n) is 3.65. The van der Waals surface area contributed by atoms with Gasteiger partial charge < -0.3 is 15.3 Å². The Morgan fingerprint density at radius 2 is 1.52 bits per heavy atom. The van der Waals surface area contributed by atoms with Crippen LogP contribution in [0.2, 0.25) is 0 Å². The SMILES string of the molecule is Cc1cc(COO)c(O)c(C(c2ccccc2)c2cc(C)cc(C(=O)O)c2O)c1. The molecule has 0 spiro atoms. The second-order valence-electron chi connectivity index (χ2n) is 7.03. The van der Waals surface area contributed by atoms with E-state index in [-0.39, 0.29) is 23.7 Å². The number of aromatic carboxylic acids is 1. The molecule has 1 unspecified atom stereocenters. The molecule has 0 saturated carbocycles. The number of benzene rings is 3. The third-order valence-corrected chi connectivity index (χ3v) is 4.85. The highest BCUT2D eigenvalue weighted by atomic mass is 17.1. The van der Waals surface area contributed by atoms with Crippen LogP contribution in [0.5, 0.6) is 11.5 Å². The van der Waals surface area contributed by atoms with Crippen molar-refractivity contribution in [2.75, 3.05) is 0 Å². The lowest BCUT2D eigenvalue weighted by atomic mass is 9.81. The highest BCUT2D eigenvalue weighted by Gasteiger charge is 2.27. The number of aryl methyl sites for hydroxylation is 2. The lowest BCUT2D eigenvalue weighted by Crippen LogP contribution is -2.09. The minimum absolute atomic E-state index is 0.0868. The van der Waals surface area contributed by atoms with Gasteiger partial charge in [0.15, 0.2) is 0 Å². The minimum Gasteiger partial charge on any atom is -0.507 e. The third-order valence-electron chi connectivity index (χ3n) is 4.85. The minimum atomic E-state index is -1.23. The summed E-state index contributed by atoms with van der Waals surface area (Å²) in [6.07, 6.45) is 0. The standard InChI is InChI=1S/C23H22O6/c1-13-8-16(12-29-28)21(24)17(9-13)20(15-6-4-3-5-7-15)18-10-14(2)11-19(22(18)25)23(26)27/h3-11,20,24-25,28H,12H2,1-2H3,(H,26,27). The third kappa shape index (κ3) is 4.08. The van der Waals surface area contributed by atoms with Gasteiger partial charge in [0.2, 0.25) is 0 Å². The van der Waals surface area contributed by atoms with Gasteiger partial charge in [-0.1, -0.05) is 48.0 Å². The first-order valence-electron chi connectivity index (χ1n) is 9.04. The van der Waals surface area contributed by atoms with Crippen molar-refractivity contribution in [3.8, 4) is 11.5 Å². The van der Waals surface area contributed by atoms with Gasteiger partial charge in [-0.15, -0.1) is 0 Å². The summed E-state index contributed by atoms with van der Waals surface area (Å²) in [4.78, 5) is 15.8. The average molecular weight is 394 g/mol. The van der Waals surface area contributed by atoms with Crippen molar-refractivity contribution in [2.24, 2.45) is 0 Å². The molecule has 6 heteroatoms. The maximum absolute atomic E-state index is 11.6. The van der Waals surface area contributed by atoms with E-state index >= 15 is 0 Å². The summed E-state index contributed by atoms with van der Waals surface area (Å²) in [5, 5.41) is 40.0. The van der Waals surface area contributed by atoms with Crippen molar-refractivity contribution in [3.63, 3.8) is 0 Å². The Hall–Kier alpha value is -3.35. The van der Waals surface area contributed by atoms with Gasteiger partial charge >= 0.3 is 5.97 Å². The van der Waals surface area contributed by atoms with Crippen LogP contribution in [0.3, 0.4) is 0 Å². The van der Waals surface area contributed by atoms with Gasteiger partial charge in [-0.05, 0) is 37.1 Å². The molecule has 0 saturated heterocycles. The average Bonchev–Trinajstić information content (AvgIpc) is 2.68. The predicted molar refractivity (Wildman–Crippen MR) is 107 cm³/mol. The summed E-state index contributed by atoms with van der Waals surface area (Å²) < 4.78 is 0. The van der Waals surface area contributed by atoms with Crippen LogP contribution >= 0.6 is 0 Å². The summed E-state index contributed by atoms with van der Waals surface area (Å²) in [5.41, 5.74) is 3.27. The molecule has 3 rings (SSSR count). The molecule has 0 heterocycles. The Labute approximate surface area is 168 Å². The van der Waals surface area contributed by atoms with E-state index in [1.165, 1.54) is 6.07 Å². The van der Waals surface area contributed by atoms with E-state index in [4.69, 9.17) is 5.26 Å². The van der Waals surface area contributed by atoms with E-state index in [1.54, 1.807) is 25.1 Å². The van der Waals surface area contributed by atoms with Crippen LogP contribution in [0.15, 0.2) is 54.6 Å². The van der Waals surface area contributed by atoms with Crippen LogP contribution in [0.1, 0.15) is 49.7 Å². The molecule has 0 aromatic heterocycles. The first kappa shape index (κ1) is 20.4. The molecular weight excluding hydrogens is 372 g/mol. The summed E-state index contributed by atoms with van der Waals surface area (Å²) in [7, 11) is 0. The van der Waals surface area contributed by atoms with Crippen LogP contribution in [-0.2, 0) is 11.5 Å². The van der Waals surface area contributed by atoms with Gasteiger partial charge in [0.25, 0.3) is 0 Å². The normalized spacial score (nSPS) is 12.0. The van der Waals surface area contributed by atoms with Gasteiger partial charge in [-0.25, -0.2) is 9.68 Å². The van der Waals surface area contributed by atoms with Crippen molar-refractivity contribution < 1.29 is 30.3 Å². The molecule has 0 radical (unpaired) electrons. The van der Waals surface area contributed by atoms with Gasteiger partial charge in [0.05, 0.1) is 0 Å². The Balaban J connectivity index is 2.34. The highest BCUT2D eigenvalue weighted by Crippen LogP contribution is 2.43. The summed E-state index contributed by atoms with van der Waals surface area (Å²) in [6.45, 7) is 3.38. The Morgan fingerprint density at radius 1 is 0.931 bits per heavy atom. The van der Waals surface area contributed by atoms with Crippen molar-refractivity contribution in [3.05, 3.63) is 93.5 Å². The molecule has 4 N–H and O–H groups in total. The Bertz CT molecular complexity index is 1040. The van der Waals surface area contributed by atoms with E-state index in [1.807, 2.05) is 37.3 Å². The van der Waals surface area contributed by atoms with E-state index in [0.29, 0.717) is 22.3 Å². The van der Waals surface area contributed by atoms with E-state index < -0.39 is 11.9 Å². The fourth-order valence-corrected chi connectivity index (χ4v) is 3.65.